The molecular weight excluding hydrogens is 378 g/mol. The molecule has 2 rings (SSSR count). The Kier molecular flexibility index (Phi) is 7.72. The second-order valence-electron chi connectivity index (χ2n) is 5.76. The minimum atomic E-state index is -1.11. The van der Waals surface area contributed by atoms with E-state index in [-0.39, 0.29) is 5.75 Å². The summed E-state index contributed by atoms with van der Waals surface area (Å²) in [4.78, 5) is 34.5. The van der Waals surface area contributed by atoms with Crippen LogP contribution in [0, 0.1) is 0 Å². The van der Waals surface area contributed by atoms with Gasteiger partial charge < -0.3 is 19.9 Å². The van der Waals surface area contributed by atoms with E-state index in [1.807, 2.05) is 19.1 Å². The standard InChI is InChI=1S/C20H21N3O6/c1-3-14-6-4-5-7-15(14)22-19(26)20(27)23-21-11-13-8-9-16(17(10-13)28-2)29-12-18(24)25/h4-11H,3,12H2,1-2H3,(H,22,26)(H,23,27)(H,24,25)/b21-11-. The van der Waals surface area contributed by atoms with E-state index in [1.165, 1.54) is 19.4 Å². The predicted molar refractivity (Wildman–Crippen MR) is 106 cm³/mol. The molecule has 0 aliphatic rings. The third kappa shape index (κ3) is 6.35. The summed E-state index contributed by atoms with van der Waals surface area (Å²) in [6.45, 7) is 1.44. The fourth-order valence-corrected chi connectivity index (χ4v) is 2.37. The fraction of sp³-hybridized carbons (Fsp3) is 0.200. The van der Waals surface area contributed by atoms with Crippen LogP contribution >= 0.6 is 0 Å². The van der Waals surface area contributed by atoms with Crippen molar-refractivity contribution in [3.63, 3.8) is 0 Å². The molecule has 2 amide bonds. The number of hydrogen-bond acceptors (Lipinski definition) is 6. The molecular formula is C20H21N3O6. The van der Waals surface area contributed by atoms with Crippen molar-refractivity contribution in [2.45, 2.75) is 13.3 Å². The third-order valence-corrected chi connectivity index (χ3v) is 3.77. The van der Waals surface area contributed by atoms with Crippen molar-refractivity contribution in [3.05, 3.63) is 53.6 Å². The Hall–Kier alpha value is -3.88. The second kappa shape index (κ2) is 10.5. The number of amides is 2. The van der Waals surface area contributed by atoms with Crippen molar-refractivity contribution in [1.82, 2.24) is 5.43 Å². The molecule has 0 aliphatic carbocycles. The molecule has 9 nitrogen and oxygen atoms in total. The lowest BCUT2D eigenvalue weighted by Gasteiger charge is -2.09. The molecule has 3 N–H and O–H groups in total. The van der Waals surface area contributed by atoms with Gasteiger partial charge in [0.2, 0.25) is 0 Å². The van der Waals surface area contributed by atoms with Gasteiger partial charge in [0, 0.05) is 5.69 Å². The average Bonchev–Trinajstić information content (AvgIpc) is 2.72. The molecule has 29 heavy (non-hydrogen) atoms. The fourth-order valence-electron chi connectivity index (χ4n) is 2.37. The molecule has 2 aromatic rings. The summed E-state index contributed by atoms with van der Waals surface area (Å²) >= 11 is 0. The topological polar surface area (TPSA) is 126 Å². The molecule has 0 fully saturated rings. The Morgan fingerprint density at radius 3 is 2.55 bits per heavy atom. The van der Waals surface area contributed by atoms with Gasteiger partial charge in [0.15, 0.2) is 18.1 Å². The van der Waals surface area contributed by atoms with Crippen LogP contribution in [0.1, 0.15) is 18.1 Å². The number of aliphatic carboxylic acids is 1. The number of nitrogens with zero attached hydrogens (tertiary/aromatic N) is 1. The number of nitrogens with one attached hydrogen (secondary N) is 2. The lowest BCUT2D eigenvalue weighted by molar-refractivity contribution is -0.139. The summed E-state index contributed by atoms with van der Waals surface area (Å²) in [6.07, 6.45) is 2.03. The van der Waals surface area contributed by atoms with Crippen molar-refractivity contribution in [2.24, 2.45) is 5.10 Å². The van der Waals surface area contributed by atoms with Gasteiger partial charge in [0.1, 0.15) is 0 Å². The van der Waals surface area contributed by atoms with E-state index in [1.54, 1.807) is 24.3 Å². The van der Waals surface area contributed by atoms with Gasteiger partial charge in [-0.3, -0.25) is 9.59 Å². The van der Waals surface area contributed by atoms with E-state index in [0.717, 1.165) is 5.56 Å². The smallest absolute Gasteiger partial charge is 0.341 e. The van der Waals surface area contributed by atoms with Crippen LogP contribution in [-0.2, 0) is 20.8 Å². The molecule has 152 valence electrons. The normalized spacial score (nSPS) is 10.4. The number of methoxy groups -OCH3 is 1. The first-order chi connectivity index (χ1) is 13.9. The summed E-state index contributed by atoms with van der Waals surface area (Å²) in [5, 5.41) is 15.0. The number of hydrogen-bond donors (Lipinski definition) is 3. The molecule has 0 heterocycles. The highest BCUT2D eigenvalue weighted by Gasteiger charge is 2.14. The van der Waals surface area contributed by atoms with Crippen LogP contribution in [0.5, 0.6) is 11.5 Å². The van der Waals surface area contributed by atoms with Crippen molar-refractivity contribution >= 4 is 29.7 Å². The number of rotatable bonds is 8. The van der Waals surface area contributed by atoms with Gasteiger partial charge in [0.25, 0.3) is 0 Å². The Balaban J connectivity index is 1.96. The number of para-hydroxylation sites is 1. The van der Waals surface area contributed by atoms with E-state index in [9.17, 15) is 14.4 Å². The van der Waals surface area contributed by atoms with E-state index in [2.05, 4.69) is 15.8 Å². The SMILES string of the molecule is CCc1ccccc1NC(=O)C(=O)N/N=C\c1ccc(OCC(=O)O)c(OC)c1. The van der Waals surface area contributed by atoms with Crippen LogP contribution in [0.3, 0.4) is 0 Å². The van der Waals surface area contributed by atoms with Gasteiger partial charge in [-0.05, 0) is 41.8 Å². The minimum absolute atomic E-state index is 0.255. The Morgan fingerprint density at radius 1 is 1.10 bits per heavy atom. The summed E-state index contributed by atoms with van der Waals surface area (Å²) in [5.41, 5.74) is 4.17. The number of carbonyl (C=O) groups is 3. The van der Waals surface area contributed by atoms with E-state index < -0.39 is 24.4 Å². The first-order valence-corrected chi connectivity index (χ1v) is 8.69. The maximum Gasteiger partial charge on any atom is 0.341 e. The number of carboxylic acids is 1. The molecule has 0 atom stereocenters. The van der Waals surface area contributed by atoms with E-state index in [4.69, 9.17) is 14.6 Å². The second-order valence-corrected chi connectivity index (χ2v) is 5.76. The summed E-state index contributed by atoms with van der Waals surface area (Å²) in [7, 11) is 1.41. The van der Waals surface area contributed by atoms with Crippen molar-refractivity contribution in [2.75, 3.05) is 19.0 Å². The van der Waals surface area contributed by atoms with Gasteiger partial charge in [-0.1, -0.05) is 25.1 Å². The van der Waals surface area contributed by atoms with Crippen LogP contribution in [0.15, 0.2) is 47.6 Å². The van der Waals surface area contributed by atoms with Crippen molar-refractivity contribution in [1.29, 1.82) is 0 Å². The zero-order valence-corrected chi connectivity index (χ0v) is 16.0. The largest absolute Gasteiger partial charge is 0.493 e. The highest BCUT2D eigenvalue weighted by Crippen LogP contribution is 2.27. The summed E-state index contributed by atoms with van der Waals surface area (Å²) < 4.78 is 10.2. The van der Waals surface area contributed by atoms with Crippen LogP contribution < -0.4 is 20.2 Å². The molecule has 0 bridgehead atoms. The zero-order valence-electron chi connectivity index (χ0n) is 16.0. The number of carbonyl (C=O) groups excluding carboxylic acids is 2. The van der Waals surface area contributed by atoms with Crippen molar-refractivity contribution < 1.29 is 29.0 Å². The molecule has 0 saturated carbocycles. The highest BCUT2D eigenvalue weighted by atomic mass is 16.5. The van der Waals surface area contributed by atoms with Gasteiger partial charge in [0.05, 0.1) is 13.3 Å². The van der Waals surface area contributed by atoms with Gasteiger partial charge in [-0.15, -0.1) is 0 Å². The quantitative estimate of drug-likeness (QED) is 0.353. The minimum Gasteiger partial charge on any atom is -0.493 e. The van der Waals surface area contributed by atoms with Gasteiger partial charge >= 0.3 is 17.8 Å². The van der Waals surface area contributed by atoms with Crippen LogP contribution in [0.25, 0.3) is 0 Å². The van der Waals surface area contributed by atoms with E-state index in [0.29, 0.717) is 23.4 Å². The first-order valence-electron chi connectivity index (χ1n) is 8.69. The molecule has 0 radical (unpaired) electrons. The maximum absolute atomic E-state index is 12.0. The van der Waals surface area contributed by atoms with Crippen LogP contribution in [-0.4, -0.2) is 42.8 Å². The number of ether oxygens (including phenoxy) is 2. The first kappa shape index (κ1) is 21.4. The Morgan fingerprint density at radius 2 is 1.86 bits per heavy atom. The summed E-state index contributed by atoms with van der Waals surface area (Å²) in [6, 6.07) is 11.8. The van der Waals surface area contributed by atoms with Gasteiger partial charge in [-0.2, -0.15) is 5.10 Å². The number of benzene rings is 2. The van der Waals surface area contributed by atoms with Gasteiger partial charge in [-0.25, -0.2) is 10.2 Å². The Labute approximate surface area is 167 Å². The molecule has 0 unspecified atom stereocenters. The Bertz CT molecular complexity index is 926. The predicted octanol–water partition coefficient (Wildman–Crippen LogP) is 1.81. The van der Waals surface area contributed by atoms with Crippen LogP contribution in [0.2, 0.25) is 0 Å². The number of aryl methyl sites for hydroxylation is 1. The van der Waals surface area contributed by atoms with Crippen LogP contribution in [0.4, 0.5) is 5.69 Å². The lowest BCUT2D eigenvalue weighted by Crippen LogP contribution is -2.32. The summed E-state index contributed by atoms with van der Waals surface area (Å²) in [5.74, 6) is -2.31. The lowest BCUT2D eigenvalue weighted by atomic mass is 10.1. The third-order valence-electron chi connectivity index (χ3n) is 3.77. The zero-order chi connectivity index (χ0) is 21.2. The molecule has 9 heteroatoms. The molecule has 0 aliphatic heterocycles. The maximum atomic E-state index is 12.0. The number of hydrazone groups is 1. The highest BCUT2D eigenvalue weighted by molar-refractivity contribution is 6.39. The number of anilines is 1. The monoisotopic (exact) mass is 399 g/mol. The molecule has 0 aromatic heterocycles. The molecule has 0 spiro atoms. The van der Waals surface area contributed by atoms with Crippen molar-refractivity contribution in [3.8, 4) is 11.5 Å². The molecule has 0 saturated heterocycles. The average molecular weight is 399 g/mol. The number of carboxylic acid groups (broad SMARTS) is 1. The van der Waals surface area contributed by atoms with E-state index >= 15 is 0 Å². The molecule has 2 aromatic carbocycles.